The maximum atomic E-state index is 12.7. The van der Waals surface area contributed by atoms with Crippen molar-refractivity contribution in [1.82, 2.24) is 9.88 Å². The smallest absolute Gasteiger partial charge is 0.274 e. The van der Waals surface area contributed by atoms with Crippen LogP contribution < -0.4 is 5.32 Å². The van der Waals surface area contributed by atoms with Crippen LogP contribution >= 0.6 is 0 Å². The van der Waals surface area contributed by atoms with E-state index in [-0.39, 0.29) is 17.5 Å². The number of nitrogens with zero attached hydrogens (tertiary/aromatic N) is 2. The number of hydrogen-bond acceptors (Lipinski definition) is 3. The Morgan fingerprint density at radius 3 is 2.80 bits per heavy atom. The number of amides is 2. The Bertz CT molecular complexity index is 788. The van der Waals surface area contributed by atoms with Crippen LogP contribution in [-0.4, -0.2) is 34.8 Å². The molecule has 25 heavy (non-hydrogen) atoms. The van der Waals surface area contributed by atoms with Gasteiger partial charge in [0.25, 0.3) is 11.8 Å². The number of aryl methyl sites for hydroxylation is 1. The van der Waals surface area contributed by atoms with Crippen molar-refractivity contribution >= 4 is 17.5 Å². The number of benzene rings is 1. The molecule has 2 amide bonds. The van der Waals surface area contributed by atoms with Gasteiger partial charge in [-0.3, -0.25) is 14.6 Å². The van der Waals surface area contributed by atoms with Gasteiger partial charge in [0.05, 0.1) is 0 Å². The van der Waals surface area contributed by atoms with Gasteiger partial charge in [0, 0.05) is 30.5 Å². The highest BCUT2D eigenvalue weighted by molar-refractivity contribution is 6.05. The van der Waals surface area contributed by atoms with E-state index in [1.54, 1.807) is 12.1 Å². The molecule has 1 unspecified atom stereocenters. The quantitative estimate of drug-likeness (QED) is 0.932. The van der Waals surface area contributed by atoms with Crippen molar-refractivity contribution in [2.45, 2.75) is 26.7 Å². The van der Waals surface area contributed by atoms with Crippen LogP contribution in [0.2, 0.25) is 0 Å². The van der Waals surface area contributed by atoms with Gasteiger partial charge < -0.3 is 10.2 Å². The molecule has 1 aromatic heterocycles. The van der Waals surface area contributed by atoms with Crippen LogP contribution in [0.25, 0.3) is 0 Å². The van der Waals surface area contributed by atoms with E-state index in [1.165, 1.54) is 6.20 Å². The minimum absolute atomic E-state index is 0.0288. The molecule has 130 valence electrons. The van der Waals surface area contributed by atoms with Crippen LogP contribution in [0, 0.1) is 12.8 Å². The third-order valence-corrected chi connectivity index (χ3v) is 4.58. The Morgan fingerprint density at radius 1 is 1.24 bits per heavy atom. The molecule has 2 aromatic rings. The maximum absolute atomic E-state index is 12.7. The number of nitrogens with one attached hydrogen (secondary N) is 1. The first-order valence-electron chi connectivity index (χ1n) is 8.67. The van der Waals surface area contributed by atoms with Gasteiger partial charge in [0.2, 0.25) is 0 Å². The molecule has 1 atom stereocenters. The molecule has 0 saturated carbocycles. The predicted octanol–water partition coefficient (Wildman–Crippen LogP) is 3.51. The molecule has 3 rings (SSSR count). The molecule has 1 aromatic carbocycles. The molecular weight excluding hydrogens is 314 g/mol. The number of anilines is 1. The van der Waals surface area contributed by atoms with Gasteiger partial charge in [-0.2, -0.15) is 0 Å². The largest absolute Gasteiger partial charge is 0.338 e. The fraction of sp³-hybridized carbons (Fsp3) is 0.350. The van der Waals surface area contributed by atoms with Crippen molar-refractivity contribution in [2.75, 3.05) is 18.4 Å². The highest BCUT2D eigenvalue weighted by Gasteiger charge is 2.23. The van der Waals surface area contributed by atoms with Crippen molar-refractivity contribution in [3.05, 3.63) is 59.4 Å². The lowest BCUT2D eigenvalue weighted by atomic mass is 9.99. The van der Waals surface area contributed by atoms with Gasteiger partial charge in [-0.15, -0.1) is 0 Å². The van der Waals surface area contributed by atoms with E-state index >= 15 is 0 Å². The van der Waals surface area contributed by atoms with Gasteiger partial charge in [0.15, 0.2) is 0 Å². The Morgan fingerprint density at radius 2 is 2.04 bits per heavy atom. The highest BCUT2D eigenvalue weighted by Crippen LogP contribution is 2.19. The van der Waals surface area contributed by atoms with Crippen LogP contribution in [0.3, 0.4) is 0 Å². The maximum Gasteiger partial charge on any atom is 0.274 e. The number of carbonyl (C=O) groups excluding carboxylic acids is 2. The number of rotatable bonds is 3. The fourth-order valence-electron chi connectivity index (χ4n) is 3.14. The summed E-state index contributed by atoms with van der Waals surface area (Å²) in [5, 5.41) is 2.85. The second-order valence-corrected chi connectivity index (χ2v) is 6.70. The fourth-order valence-corrected chi connectivity index (χ4v) is 3.14. The van der Waals surface area contributed by atoms with E-state index in [1.807, 2.05) is 36.1 Å². The third-order valence-electron chi connectivity index (χ3n) is 4.58. The standard InChI is InChI=1S/C20H23N3O2/c1-14-6-5-11-23(13-14)20(25)16-9-10-21-18(12-16)19(24)22-17-8-4-3-7-15(17)2/h3-4,7-10,12,14H,5-6,11,13H2,1-2H3,(H,22,24). The molecule has 1 saturated heterocycles. The lowest BCUT2D eigenvalue weighted by Crippen LogP contribution is -2.39. The Balaban J connectivity index is 1.75. The summed E-state index contributed by atoms with van der Waals surface area (Å²) in [5.74, 6) is 0.179. The Labute approximate surface area is 148 Å². The number of likely N-dealkylation sites (tertiary alicyclic amines) is 1. The van der Waals surface area contributed by atoms with Crippen LogP contribution in [0.5, 0.6) is 0 Å². The number of piperidine rings is 1. The number of carbonyl (C=O) groups is 2. The van der Waals surface area contributed by atoms with E-state index < -0.39 is 0 Å². The van der Waals surface area contributed by atoms with E-state index in [4.69, 9.17) is 0 Å². The highest BCUT2D eigenvalue weighted by atomic mass is 16.2. The summed E-state index contributed by atoms with van der Waals surface area (Å²) < 4.78 is 0. The van der Waals surface area contributed by atoms with Gasteiger partial charge in [-0.05, 0) is 49.4 Å². The van der Waals surface area contributed by atoms with Crippen molar-refractivity contribution in [3.8, 4) is 0 Å². The molecule has 1 aliphatic rings. The van der Waals surface area contributed by atoms with Gasteiger partial charge in [0.1, 0.15) is 5.69 Å². The minimum Gasteiger partial charge on any atom is -0.338 e. The topological polar surface area (TPSA) is 62.3 Å². The monoisotopic (exact) mass is 337 g/mol. The first-order valence-corrected chi connectivity index (χ1v) is 8.67. The molecule has 0 radical (unpaired) electrons. The van der Waals surface area contributed by atoms with E-state index in [2.05, 4.69) is 17.2 Å². The second kappa shape index (κ2) is 7.47. The number of hydrogen-bond donors (Lipinski definition) is 1. The lowest BCUT2D eigenvalue weighted by molar-refractivity contribution is 0.0683. The summed E-state index contributed by atoms with van der Waals surface area (Å²) in [6, 6.07) is 10.8. The average Bonchev–Trinajstić information content (AvgIpc) is 2.63. The summed E-state index contributed by atoms with van der Waals surface area (Å²) in [6.45, 7) is 5.63. The SMILES string of the molecule is Cc1ccccc1NC(=O)c1cc(C(=O)N2CCCC(C)C2)ccn1. The zero-order valence-corrected chi connectivity index (χ0v) is 14.7. The zero-order valence-electron chi connectivity index (χ0n) is 14.7. The van der Waals surface area contributed by atoms with E-state index in [0.717, 1.165) is 37.2 Å². The Hall–Kier alpha value is -2.69. The van der Waals surface area contributed by atoms with Gasteiger partial charge in [-0.1, -0.05) is 25.1 Å². The second-order valence-electron chi connectivity index (χ2n) is 6.70. The number of pyridine rings is 1. The van der Waals surface area contributed by atoms with E-state index in [9.17, 15) is 9.59 Å². The molecule has 0 aliphatic carbocycles. The summed E-state index contributed by atoms with van der Waals surface area (Å²) in [7, 11) is 0. The van der Waals surface area contributed by atoms with Gasteiger partial charge >= 0.3 is 0 Å². The van der Waals surface area contributed by atoms with E-state index in [0.29, 0.717) is 11.5 Å². The predicted molar refractivity (Wildman–Crippen MR) is 97.7 cm³/mol. The average molecular weight is 337 g/mol. The van der Waals surface area contributed by atoms with Crippen molar-refractivity contribution in [2.24, 2.45) is 5.92 Å². The van der Waals surface area contributed by atoms with Crippen molar-refractivity contribution < 1.29 is 9.59 Å². The summed E-state index contributed by atoms with van der Waals surface area (Å²) in [4.78, 5) is 31.2. The molecule has 1 fully saturated rings. The first-order chi connectivity index (χ1) is 12.0. The summed E-state index contributed by atoms with van der Waals surface area (Å²) in [6.07, 6.45) is 3.70. The molecule has 0 bridgehead atoms. The summed E-state index contributed by atoms with van der Waals surface area (Å²) in [5.41, 5.74) is 2.49. The molecule has 5 heteroatoms. The van der Waals surface area contributed by atoms with Crippen LogP contribution in [0.4, 0.5) is 5.69 Å². The zero-order chi connectivity index (χ0) is 17.8. The molecule has 2 heterocycles. The minimum atomic E-state index is -0.309. The normalized spacial score (nSPS) is 17.2. The molecule has 1 aliphatic heterocycles. The number of aromatic nitrogens is 1. The third kappa shape index (κ3) is 4.05. The van der Waals surface area contributed by atoms with Crippen LogP contribution in [0.15, 0.2) is 42.6 Å². The van der Waals surface area contributed by atoms with Crippen LogP contribution in [0.1, 0.15) is 46.2 Å². The molecule has 0 spiro atoms. The summed E-state index contributed by atoms with van der Waals surface area (Å²) >= 11 is 0. The molecule has 5 nitrogen and oxygen atoms in total. The van der Waals surface area contributed by atoms with Crippen molar-refractivity contribution in [1.29, 1.82) is 0 Å². The molecule has 1 N–H and O–H groups in total. The number of para-hydroxylation sites is 1. The van der Waals surface area contributed by atoms with Gasteiger partial charge in [-0.25, -0.2) is 0 Å². The van der Waals surface area contributed by atoms with Crippen LogP contribution in [-0.2, 0) is 0 Å². The first kappa shape index (κ1) is 17.1. The van der Waals surface area contributed by atoms with Crippen molar-refractivity contribution in [3.63, 3.8) is 0 Å². The Kier molecular flexibility index (Phi) is 5.12. The molecular formula is C20H23N3O2. The lowest BCUT2D eigenvalue weighted by Gasteiger charge is -2.31.